The van der Waals surface area contributed by atoms with Crippen LogP contribution in [-0.2, 0) is 42.7 Å². The van der Waals surface area contributed by atoms with Crippen LogP contribution < -0.4 is 0 Å². The van der Waals surface area contributed by atoms with Crippen LogP contribution in [0.2, 0.25) is 0 Å². The monoisotopic (exact) mass is 382 g/mol. The summed E-state index contributed by atoms with van der Waals surface area (Å²) in [7, 11) is 0.276. The molecule has 0 aromatic carbocycles. The summed E-state index contributed by atoms with van der Waals surface area (Å²) >= 11 is 0. The SMILES string of the molecule is COC(=O)CC(CP(=O)(O)CC(CC(=O)OC)C(=O)OC)C(=O)OC. The fourth-order valence-corrected chi connectivity index (χ4v) is 4.19. The van der Waals surface area contributed by atoms with Crippen LogP contribution in [0.1, 0.15) is 12.8 Å². The third-order valence-corrected chi connectivity index (χ3v) is 5.38. The van der Waals surface area contributed by atoms with Crippen molar-refractivity contribution in [2.75, 3.05) is 40.8 Å². The van der Waals surface area contributed by atoms with E-state index in [0.29, 0.717) is 0 Å². The number of carbonyl (C=O) groups excluding carboxylic acids is 4. The first kappa shape index (κ1) is 23.1. The lowest BCUT2D eigenvalue weighted by Gasteiger charge is -2.21. The number of carbonyl (C=O) groups is 4. The van der Waals surface area contributed by atoms with E-state index >= 15 is 0 Å². The average Bonchev–Trinajstić information content (AvgIpc) is 2.58. The molecular formula is C14H23O10P. The molecule has 2 atom stereocenters. The van der Waals surface area contributed by atoms with Crippen molar-refractivity contribution >= 4 is 31.2 Å². The van der Waals surface area contributed by atoms with Crippen molar-refractivity contribution in [1.82, 2.24) is 0 Å². The van der Waals surface area contributed by atoms with Gasteiger partial charge < -0.3 is 23.8 Å². The number of esters is 4. The Morgan fingerprint density at radius 1 is 0.760 bits per heavy atom. The zero-order chi connectivity index (χ0) is 19.6. The van der Waals surface area contributed by atoms with Gasteiger partial charge in [0.2, 0.25) is 7.37 Å². The fraction of sp³-hybridized carbons (Fsp3) is 0.714. The Morgan fingerprint density at radius 2 is 1.08 bits per heavy atom. The molecule has 0 heterocycles. The summed E-state index contributed by atoms with van der Waals surface area (Å²) < 4.78 is 30.4. The van der Waals surface area contributed by atoms with E-state index in [4.69, 9.17) is 0 Å². The first-order chi connectivity index (χ1) is 11.6. The molecule has 0 spiro atoms. The third kappa shape index (κ3) is 8.64. The van der Waals surface area contributed by atoms with Crippen LogP contribution >= 0.6 is 7.37 Å². The highest BCUT2D eigenvalue weighted by molar-refractivity contribution is 7.58. The zero-order valence-electron chi connectivity index (χ0n) is 14.6. The van der Waals surface area contributed by atoms with Gasteiger partial charge in [0.05, 0.1) is 53.1 Å². The van der Waals surface area contributed by atoms with Crippen molar-refractivity contribution in [3.8, 4) is 0 Å². The van der Waals surface area contributed by atoms with Crippen LogP contribution in [0.4, 0.5) is 0 Å². The second-order valence-corrected chi connectivity index (χ2v) is 7.64. The van der Waals surface area contributed by atoms with E-state index in [-0.39, 0.29) is 0 Å². The van der Waals surface area contributed by atoms with Crippen molar-refractivity contribution in [3.05, 3.63) is 0 Å². The van der Waals surface area contributed by atoms with Crippen LogP contribution in [0.5, 0.6) is 0 Å². The Labute approximate surface area is 145 Å². The van der Waals surface area contributed by atoms with E-state index in [1.807, 2.05) is 0 Å². The maximum Gasteiger partial charge on any atom is 0.309 e. The molecule has 144 valence electrons. The maximum absolute atomic E-state index is 12.5. The lowest BCUT2D eigenvalue weighted by Crippen LogP contribution is -2.28. The minimum absolute atomic E-state index is 0.451. The number of hydrogen-bond donors (Lipinski definition) is 1. The van der Waals surface area contributed by atoms with Crippen LogP contribution in [0.25, 0.3) is 0 Å². The van der Waals surface area contributed by atoms with Crippen molar-refractivity contribution in [3.63, 3.8) is 0 Å². The highest BCUT2D eigenvalue weighted by atomic mass is 31.2. The first-order valence-electron chi connectivity index (χ1n) is 7.20. The summed E-state index contributed by atoms with van der Waals surface area (Å²) in [5.74, 6) is -5.66. The Hall–Kier alpha value is -1.93. The Kier molecular flexibility index (Phi) is 10.00. The summed E-state index contributed by atoms with van der Waals surface area (Å²) in [5.41, 5.74) is 0. The van der Waals surface area contributed by atoms with Gasteiger partial charge in [0, 0.05) is 12.3 Å². The quantitative estimate of drug-likeness (QED) is 0.311. The molecule has 0 aliphatic rings. The van der Waals surface area contributed by atoms with Gasteiger partial charge in [-0.3, -0.25) is 23.7 Å². The molecule has 11 heteroatoms. The Balaban J connectivity index is 5.22. The number of rotatable bonds is 10. The lowest BCUT2D eigenvalue weighted by molar-refractivity contribution is -0.151. The molecule has 0 rings (SSSR count). The molecule has 0 amide bonds. The van der Waals surface area contributed by atoms with E-state index in [9.17, 15) is 28.6 Å². The Morgan fingerprint density at radius 3 is 1.32 bits per heavy atom. The highest BCUT2D eigenvalue weighted by Crippen LogP contribution is 2.46. The van der Waals surface area contributed by atoms with Crippen LogP contribution in [0, 0.1) is 11.8 Å². The van der Waals surface area contributed by atoms with Gasteiger partial charge in [0.15, 0.2) is 0 Å². The molecule has 0 radical (unpaired) electrons. The summed E-state index contributed by atoms with van der Waals surface area (Å²) in [6, 6.07) is 0. The fourth-order valence-electron chi connectivity index (χ4n) is 2.11. The van der Waals surface area contributed by atoms with Gasteiger partial charge in [-0.25, -0.2) is 0 Å². The molecule has 0 aliphatic heterocycles. The first-order valence-corrected chi connectivity index (χ1v) is 9.23. The highest BCUT2D eigenvalue weighted by Gasteiger charge is 2.36. The predicted molar refractivity (Wildman–Crippen MR) is 83.8 cm³/mol. The van der Waals surface area contributed by atoms with E-state index in [2.05, 4.69) is 18.9 Å². The maximum atomic E-state index is 12.5. The van der Waals surface area contributed by atoms with E-state index in [1.165, 1.54) is 0 Å². The molecule has 0 aliphatic carbocycles. The number of ether oxygens (including phenoxy) is 4. The van der Waals surface area contributed by atoms with Crippen LogP contribution in [0.15, 0.2) is 0 Å². The van der Waals surface area contributed by atoms with Gasteiger partial charge in [-0.2, -0.15) is 0 Å². The van der Waals surface area contributed by atoms with Gasteiger partial charge in [-0.1, -0.05) is 0 Å². The van der Waals surface area contributed by atoms with Crippen LogP contribution in [0.3, 0.4) is 0 Å². The third-order valence-electron chi connectivity index (χ3n) is 3.36. The molecule has 0 aromatic heterocycles. The molecule has 0 saturated heterocycles. The second kappa shape index (κ2) is 10.8. The normalized spacial score (nSPS) is 15.2. The van der Waals surface area contributed by atoms with E-state index < -0.39 is 68.2 Å². The van der Waals surface area contributed by atoms with Crippen molar-refractivity contribution in [1.29, 1.82) is 0 Å². The largest absolute Gasteiger partial charge is 0.469 e. The molecular weight excluding hydrogens is 359 g/mol. The average molecular weight is 382 g/mol. The second-order valence-electron chi connectivity index (χ2n) is 5.21. The summed E-state index contributed by atoms with van der Waals surface area (Å²) in [4.78, 5) is 56.3. The van der Waals surface area contributed by atoms with E-state index in [0.717, 1.165) is 28.4 Å². The molecule has 0 fully saturated rings. The van der Waals surface area contributed by atoms with E-state index in [1.54, 1.807) is 0 Å². The Bertz CT molecular complexity index is 500. The number of hydrogen-bond acceptors (Lipinski definition) is 9. The smallest absolute Gasteiger partial charge is 0.309 e. The summed E-state index contributed by atoms with van der Waals surface area (Å²) in [6.07, 6.45) is -2.12. The zero-order valence-corrected chi connectivity index (χ0v) is 15.4. The molecule has 25 heavy (non-hydrogen) atoms. The topological polar surface area (TPSA) is 143 Å². The van der Waals surface area contributed by atoms with Gasteiger partial charge in [0.1, 0.15) is 0 Å². The molecule has 0 saturated carbocycles. The summed E-state index contributed by atoms with van der Waals surface area (Å²) in [5, 5.41) is 0. The summed E-state index contributed by atoms with van der Waals surface area (Å²) in [6.45, 7) is 0. The predicted octanol–water partition coefficient (Wildman–Crippen LogP) is -0.0386. The molecule has 1 N–H and O–H groups in total. The van der Waals surface area contributed by atoms with Crippen molar-refractivity contribution in [2.24, 2.45) is 11.8 Å². The van der Waals surface area contributed by atoms with Crippen LogP contribution in [-0.4, -0.2) is 69.5 Å². The minimum atomic E-state index is -4.09. The lowest BCUT2D eigenvalue weighted by atomic mass is 10.1. The molecule has 10 nitrogen and oxygen atoms in total. The van der Waals surface area contributed by atoms with Gasteiger partial charge in [-0.15, -0.1) is 0 Å². The molecule has 0 bridgehead atoms. The van der Waals surface area contributed by atoms with Crippen molar-refractivity contribution < 1.29 is 47.6 Å². The molecule has 0 aromatic rings. The number of methoxy groups -OCH3 is 4. The van der Waals surface area contributed by atoms with Gasteiger partial charge in [-0.05, 0) is 0 Å². The standard InChI is InChI=1S/C14H23O10P/c1-21-11(15)5-9(13(17)23-3)7-25(19,20)8-10(14(18)24-4)6-12(16)22-2/h9-10H,5-8H2,1-4H3,(H,19,20). The molecule has 2 unspecified atom stereocenters. The minimum Gasteiger partial charge on any atom is -0.469 e. The van der Waals surface area contributed by atoms with Gasteiger partial charge in [0.25, 0.3) is 0 Å². The van der Waals surface area contributed by atoms with Gasteiger partial charge >= 0.3 is 23.9 Å². The van der Waals surface area contributed by atoms with Crippen molar-refractivity contribution in [2.45, 2.75) is 12.8 Å².